The van der Waals surface area contributed by atoms with E-state index in [-0.39, 0.29) is 33.6 Å². The van der Waals surface area contributed by atoms with Crippen LogP contribution >= 0.6 is 0 Å². The number of aromatic amines is 1. The lowest BCUT2D eigenvalue weighted by atomic mass is 10.2. The van der Waals surface area contributed by atoms with Gasteiger partial charge in [-0.25, -0.2) is 8.42 Å². The number of benzene rings is 1. The first kappa shape index (κ1) is 19.0. The average molecular weight is 390 g/mol. The second-order valence-corrected chi connectivity index (χ2v) is 7.78. The summed E-state index contributed by atoms with van der Waals surface area (Å²) in [7, 11) is -3.98. The van der Waals surface area contributed by atoms with Gasteiger partial charge in [0.1, 0.15) is 11.4 Å². The van der Waals surface area contributed by atoms with Gasteiger partial charge in [-0.3, -0.25) is 9.52 Å². The largest absolute Gasteiger partial charge is 0.360 e. The Morgan fingerprint density at radius 1 is 1.22 bits per heavy atom. The van der Waals surface area contributed by atoms with Gasteiger partial charge >= 0.3 is 0 Å². The maximum Gasteiger partial charge on any atom is 0.272 e. The summed E-state index contributed by atoms with van der Waals surface area (Å²) in [6, 6.07) is 7.16. The Morgan fingerprint density at radius 3 is 2.48 bits per heavy atom. The van der Waals surface area contributed by atoms with Crippen LogP contribution in [0.5, 0.6) is 0 Å². The van der Waals surface area contributed by atoms with Crippen molar-refractivity contribution < 1.29 is 17.7 Å². The topological polar surface area (TPSA) is 108 Å². The number of nitrogens with one attached hydrogen (secondary N) is 2. The SMILES string of the molecule is CCN(CC)C(=O)c1[nH]c2ccccc2c1NS(=O)(=O)c1c(C)noc1C. The van der Waals surface area contributed by atoms with Crippen LogP contribution in [0.2, 0.25) is 0 Å². The molecule has 9 heteroatoms. The molecule has 0 aliphatic carbocycles. The van der Waals surface area contributed by atoms with Crippen molar-refractivity contribution >= 4 is 32.5 Å². The van der Waals surface area contributed by atoms with E-state index in [1.165, 1.54) is 6.92 Å². The van der Waals surface area contributed by atoms with E-state index < -0.39 is 10.0 Å². The fourth-order valence-corrected chi connectivity index (χ4v) is 4.55. The van der Waals surface area contributed by atoms with Gasteiger partial charge in [-0.2, -0.15) is 0 Å². The van der Waals surface area contributed by atoms with Gasteiger partial charge in [0, 0.05) is 24.0 Å². The van der Waals surface area contributed by atoms with Crippen molar-refractivity contribution in [2.24, 2.45) is 0 Å². The summed E-state index contributed by atoms with van der Waals surface area (Å²) >= 11 is 0. The quantitative estimate of drug-likeness (QED) is 0.672. The average Bonchev–Trinajstić information content (AvgIpc) is 3.16. The van der Waals surface area contributed by atoms with Gasteiger partial charge in [0.05, 0.1) is 5.69 Å². The maximum absolute atomic E-state index is 13.0. The zero-order valence-electron chi connectivity index (χ0n) is 15.7. The number of anilines is 1. The highest BCUT2D eigenvalue weighted by molar-refractivity contribution is 7.92. The van der Waals surface area contributed by atoms with Gasteiger partial charge in [-0.15, -0.1) is 0 Å². The number of carbonyl (C=O) groups is 1. The van der Waals surface area contributed by atoms with E-state index >= 15 is 0 Å². The molecule has 0 bridgehead atoms. The highest BCUT2D eigenvalue weighted by Crippen LogP contribution is 2.32. The van der Waals surface area contributed by atoms with Gasteiger partial charge in [0.15, 0.2) is 10.7 Å². The first-order valence-corrected chi connectivity index (χ1v) is 10.1. The summed E-state index contributed by atoms with van der Waals surface area (Å²) in [5.41, 5.74) is 1.36. The number of H-pyrrole nitrogens is 1. The number of para-hydroxylation sites is 1. The first-order valence-electron chi connectivity index (χ1n) is 8.65. The summed E-state index contributed by atoms with van der Waals surface area (Å²) in [6.07, 6.45) is 0. The molecule has 0 saturated heterocycles. The maximum atomic E-state index is 13.0. The Morgan fingerprint density at radius 2 is 1.89 bits per heavy atom. The number of hydrogen-bond acceptors (Lipinski definition) is 5. The minimum atomic E-state index is -3.98. The van der Waals surface area contributed by atoms with Crippen molar-refractivity contribution in [1.29, 1.82) is 0 Å². The molecule has 0 radical (unpaired) electrons. The summed E-state index contributed by atoms with van der Waals surface area (Å²) in [4.78, 5) is 17.6. The molecule has 1 aromatic carbocycles. The molecule has 3 aromatic rings. The third kappa shape index (κ3) is 3.30. The van der Waals surface area contributed by atoms with Gasteiger partial charge in [0.25, 0.3) is 15.9 Å². The number of fused-ring (bicyclic) bond motifs is 1. The Bertz CT molecular complexity index is 1070. The van der Waals surface area contributed by atoms with Crippen molar-refractivity contribution in [3.8, 4) is 0 Å². The molecule has 0 aliphatic rings. The Labute approximate surface area is 157 Å². The van der Waals surface area contributed by atoms with Crippen molar-refractivity contribution in [2.75, 3.05) is 17.8 Å². The van der Waals surface area contributed by atoms with E-state index in [4.69, 9.17) is 4.52 Å². The van der Waals surface area contributed by atoms with Crippen LogP contribution in [0.3, 0.4) is 0 Å². The fourth-order valence-electron chi connectivity index (χ4n) is 3.12. The van der Waals surface area contributed by atoms with E-state index in [9.17, 15) is 13.2 Å². The molecule has 27 heavy (non-hydrogen) atoms. The molecule has 144 valence electrons. The minimum absolute atomic E-state index is 0.0194. The molecule has 2 heterocycles. The lowest BCUT2D eigenvalue weighted by Crippen LogP contribution is -2.31. The summed E-state index contributed by atoms with van der Waals surface area (Å²) in [6.45, 7) is 7.87. The predicted octanol–water partition coefficient (Wildman–Crippen LogP) is 3.06. The van der Waals surface area contributed by atoms with E-state index in [1.807, 2.05) is 19.9 Å². The lowest BCUT2D eigenvalue weighted by molar-refractivity contribution is 0.0769. The summed E-state index contributed by atoms with van der Waals surface area (Å²) in [5, 5.41) is 4.32. The van der Waals surface area contributed by atoms with Gasteiger partial charge in [0.2, 0.25) is 0 Å². The van der Waals surface area contributed by atoms with E-state index in [2.05, 4.69) is 14.9 Å². The molecule has 0 aliphatic heterocycles. The number of aromatic nitrogens is 2. The Hall–Kier alpha value is -2.81. The second kappa shape index (κ2) is 7.07. The number of rotatable bonds is 6. The monoisotopic (exact) mass is 390 g/mol. The Kier molecular flexibility index (Phi) is 4.97. The zero-order chi connectivity index (χ0) is 19.8. The molecule has 0 unspecified atom stereocenters. The van der Waals surface area contributed by atoms with Gasteiger partial charge < -0.3 is 14.4 Å². The van der Waals surface area contributed by atoms with Crippen LogP contribution in [-0.4, -0.2) is 42.5 Å². The molecular formula is C18H22N4O4S. The highest BCUT2D eigenvalue weighted by atomic mass is 32.2. The molecule has 0 spiro atoms. The lowest BCUT2D eigenvalue weighted by Gasteiger charge is -2.19. The summed E-state index contributed by atoms with van der Waals surface area (Å²) in [5.74, 6) is -0.0795. The van der Waals surface area contributed by atoms with Gasteiger partial charge in [-0.05, 0) is 33.8 Å². The normalized spacial score (nSPS) is 11.7. The van der Waals surface area contributed by atoms with Crippen LogP contribution in [-0.2, 0) is 10.0 Å². The number of sulfonamides is 1. The van der Waals surface area contributed by atoms with Crippen molar-refractivity contribution in [1.82, 2.24) is 15.0 Å². The molecule has 2 N–H and O–H groups in total. The number of hydrogen-bond donors (Lipinski definition) is 2. The molecule has 2 aromatic heterocycles. The van der Waals surface area contributed by atoms with E-state index in [0.29, 0.717) is 24.0 Å². The second-order valence-electron chi connectivity index (χ2n) is 6.16. The summed E-state index contributed by atoms with van der Waals surface area (Å²) < 4.78 is 33.5. The highest BCUT2D eigenvalue weighted by Gasteiger charge is 2.29. The van der Waals surface area contributed by atoms with Crippen LogP contribution in [0.15, 0.2) is 33.7 Å². The van der Waals surface area contributed by atoms with Gasteiger partial charge in [-0.1, -0.05) is 23.4 Å². The smallest absolute Gasteiger partial charge is 0.272 e. The minimum Gasteiger partial charge on any atom is -0.360 e. The van der Waals surface area contributed by atoms with Crippen LogP contribution in [0, 0.1) is 13.8 Å². The fraction of sp³-hybridized carbons (Fsp3) is 0.333. The third-order valence-electron chi connectivity index (χ3n) is 4.44. The van der Waals surface area contributed by atoms with Crippen LogP contribution in [0.4, 0.5) is 5.69 Å². The van der Waals surface area contributed by atoms with Crippen molar-refractivity contribution in [3.63, 3.8) is 0 Å². The molecule has 8 nitrogen and oxygen atoms in total. The number of nitrogens with zero attached hydrogens (tertiary/aromatic N) is 2. The van der Waals surface area contributed by atoms with Crippen molar-refractivity contribution in [3.05, 3.63) is 41.4 Å². The molecule has 3 rings (SSSR count). The first-order chi connectivity index (χ1) is 12.8. The van der Waals surface area contributed by atoms with E-state index in [1.54, 1.807) is 30.0 Å². The molecule has 0 saturated carbocycles. The van der Waals surface area contributed by atoms with Crippen LogP contribution < -0.4 is 4.72 Å². The molecular weight excluding hydrogens is 368 g/mol. The standard InChI is InChI=1S/C18H22N4O4S/c1-5-22(6-2)18(23)16-15(13-9-7-8-10-14(13)19-16)21-27(24,25)17-11(3)20-26-12(17)4/h7-10,19,21H,5-6H2,1-4H3. The molecule has 0 atom stereocenters. The van der Waals surface area contributed by atoms with E-state index in [0.717, 1.165) is 0 Å². The number of amides is 1. The zero-order valence-corrected chi connectivity index (χ0v) is 16.5. The predicted molar refractivity (Wildman–Crippen MR) is 102 cm³/mol. The van der Waals surface area contributed by atoms with Crippen LogP contribution in [0.25, 0.3) is 10.9 Å². The Balaban J connectivity index is 2.16. The van der Waals surface area contributed by atoms with Crippen molar-refractivity contribution in [2.45, 2.75) is 32.6 Å². The number of aryl methyl sites for hydroxylation is 2. The molecule has 0 fully saturated rings. The third-order valence-corrected chi connectivity index (χ3v) is 6.04. The number of carbonyl (C=O) groups excluding carboxylic acids is 1. The molecule has 1 amide bonds. The van der Waals surface area contributed by atoms with Crippen LogP contribution in [0.1, 0.15) is 35.8 Å².